The summed E-state index contributed by atoms with van der Waals surface area (Å²) in [5, 5.41) is 14.2. The molecule has 0 aromatic carbocycles. The van der Waals surface area contributed by atoms with Crippen molar-refractivity contribution in [3.63, 3.8) is 0 Å². The minimum Gasteiger partial charge on any atom is -0.480 e. The molecule has 2 atom stereocenters. The van der Waals surface area contributed by atoms with E-state index in [1.54, 1.807) is 7.11 Å². The number of rotatable bonds is 9. The van der Waals surface area contributed by atoms with E-state index in [1.807, 2.05) is 0 Å². The van der Waals surface area contributed by atoms with Crippen molar-refractivity contribution in [2.24, 2.45) is 5.92 Å². The third-order valence-corrected chi connectivity index (χ3v) is 3.31. The molecule has 0 aliphatic carbocycles. The third-order valence-electron chi connectivity index (χ3n) is 3.31. The van der Waals surface area contributed by atoms with E-state index in [9.17, 15) is 9.59 Å². The van der Waals surface area contributed by atoms with Gasteiger partial charge in [-0.15, -0.1) is 0 Å². The Hall–Kier alpha value is -1.34. The molecule has 116 valence electrons. The van der Waals surface area contributed by atoms with Crippen molar-refractivity contribution in [2.45, 2.75) is 31.7 Å². The summed E-state index contributed by atoms with van der Waals surface area (Å²) in [6.45, 7) is 2.55. The van der Waals surface area contributed by atoms with E-state index >= 15 is 0 Å². The number of methoxy groups -OCH3 is 1. The van der Waals surface area contributed by atoms with Crippen LogP contribution in [0.4, 0.5) is 4.79 Å². The van der Waals surface area contributed by atoms with Gasteiger partial charge in [0.2, 0.25) is 0 Å². The summed E-state index contributed by atoms with van der Waals surface area (Å²) >= 11 is 0. The molecule has 0 bridgehead atoms. The van der Waals surface area contributed by atoms with Gasteiger partial charge in [-0.25, -0.2) is 9.59 Å². The minimum atomic E-state index is -1.03. The van der Waals surface area contributed by atoms with Crippen molar-refractivity contribution in [1.29, 1.82) is 0 Å². The smallest absolute Gasteiger partial charge is 0.326 e. The second-order valence-corrected chi connectivity index (χ2v) is 4.94. The van der Waals surface area contributed by atoms with Gasteiger partial charge in [0.25, 0.3) is 0 Å². The van der Waals surface area contributed by atoms with Gasteiger partial charge in [-0.2, -0.15) is 0 Å². The summed E-state index contributed by atoms with van der Waals surface area (Å²) in [5.41, 5.74) is 0. The van der Waals surface area contributed by atoms with E-state index in [4.69, 9.17) is 14.6 Å². The second-order valence-electron chi connectivity index (χ2n) is 4.94. The van der Waals surface area contributed by atoms with Gasteiger partial charge in [-0.05, 0) is 31.6 Å². The van der Waals surface area contributed by atoms with Crippen LogP contribution in [-0.2, 0) is 14.3 Å². The summed E-state index contributed by atoms with van der Waals surface area (Å²) in [6, 6.07) is -1.31. The third kappa shape index (κ3) is 6.72. The fourth-order valence-electron chi connectivity index (χ4n) is 2.10. The Morgan fingerprint density at radius 1 is 1.50 bits per heavy atom. The zero-order valence-corrected chi connectivity index (χ0v) is 11.9. The molecule has 0 saturated carbocycles. The number of hydrogen-bond acceptors (Lipinski definition) is 4. The normalized spacial score (nSPS) is 19.6. The summed E-state index contributed by atoms with van der Waals surface area (Å²) < 4.78 is 10.1. The highest BCUT2D eigenvalue weighted by Gasteiger charge is 2.20. The maximum Gasteiger partial charge on any atom is 0.326 e. The van der Waals surface area contributed by atoms with E-state index < -0.39 is 18.0 Å². The zero-order chi connectivity index (χ0) is 14.8. The highest BCUT2D eigenvalue weighted by Crippen LogP contribution is 2.15. The van der Waals surface area contributed by atoms with Crippen molar-refractivity contribution in [1.82, 2.24) is 10.6 Å². The first-order valence-electron chi connectivity index (χ1n) is 6.97. The number of carboxylic acids is 1. The average molecular weight is 288 g/mol. The molecule has 7 heteroatoms. The number of carbonyl (C=O) groups is 2. The first-order chi connectivity index (χ1) is 9.63. The van der Waals surface area contributed by atoms with Gasteiger partial charge >= 0.3 is 12.0 Å². The molecule has 0 radical (unpaired) electrons. The molecule has 1 heterocycles. The van der Waals surface area contributed by atoms with Crippen LogP contribution in [0.25, 0.3) is 0 Å². The van der Waals surface area contributed by atoms with Crippen molar-refractivity contribution in [3.8, 4) is 0 Å². The Morgan fingerprint density at radius 3 is 2.90 bits per heavy atom. The van der Waals surface area contributed by atoms with Gasteiger partial charge in [0.15, 0.2) is 0 Å². The molecule has 1 fully saturated rings. The van der Waals surface area contributed by atoms with E-state index in [0.29, 0.717) is 31.9 Å². The SMILES string of the molecule is COCCCC(NC(=O)NCCC1CCOC1)C(=O)O. The van der Waals surface area contributed by atoms with Gasteiger partial charge in [0.1, 0.15) is 6.04 Å². The van der Waals surface area contributed by atoms with Crippen LogP contribution in [-0.4, -0.2) is 56.6 Å². The van der Waals surface area contributed by atoms with E-state index in [0.717, 1.165) is 26.1 Å². The summed E-state index contributed by atoms with van der Waals surface area (Å²) in [7, 11) is 1.56. The monoisotopic (exact) mass is 288 g/mol. The molecule has 2 amide bonds. The van der Waals surface area contributed by atoms with Gasteiger partial charge in [0, 0.05) is 33.5 Å². The number of aliphatic carboxylic acids is 1. The molecular formula is C13H24N2O5. The summed E-state index contributed by atoms with van der Waals surface area (Å²) in [4.78, 5) is 22.6. The number of urea groups is 1. The Balaban J connectivity index is 2.17. The molecule has 1 aliphatic rings. The van der Waals surface area contributed by atoms with Crippen molar-refractivity contribution in [3.05, 3.63) is 0 Å². The summed E-state index contributed by atoms with van der Waals surface area (Å²) in [5.74, 6) is -0.535. The van der Waals surface area contributed by atoms with Gasteiger partial charge in [0.05, 0.1) is 0 Å². The number of nitrogens with one attached hydrogen (secondary N) is 2. The van der Waals surface area contributed by atoms with Gasteiger partial charge < -0.3 is 25.2 Å². The fourth-order valence-corrected chi connectivity index (χ4v) is 2.10. The maximum atomic E-state index is 11.6. The molecule has 1 aliphatic heterocycles. The first kappa shape index (κ1) is 16.7. The highest BCUT2D eigenvalue weighted by molar-refractivity contribution is 5.82. The molecule has 1 rings (SSSR count). The molecule has 0 aromatic heterocycles. The second kappa shape index (κ2) is 9.55. The lowest BCUT2D eigenvalue weighted by Gasteiger charge is -2.15. The van der Waals surface area contributed by atoms with Crippen LogP contribution in [0.15, 0.2) is 0 Å². The van der Waals surface area contributed by atoms with Crippen LogP contribution < -0.4 is 10.6 Å². The van der Waals surface area contributed by atoms with Crippen molar-refractivity contribution in [2.75, 3.05) is 33.5 Å². The lowest BCUT2D eigenvalue weighted by atomic mass is 10.1. The van der Waals surface area contributed by atoms with E-state index in [1.165, 1.54) is 0 Å². The molecular weight excluding hydrogens is 264 g/mol. The Kier molecular flexibility index (Phi) is 7.98. The fraction of sp³-hybridized carbons (Fsp3) is 0.846. The van der Waals surface area contributed by atoms with E-state index in [2.05, 4.69) is 10.6 Å². The topological polar surface area (TPSA) is 96.9 Å². The highest BCUT2D eigenvalue weighted by atomic mass is 16.5. The molecule has 1 saturated heterocycles. The van der Waals surface area contributed by atoms with E-state index in [-0.39, 0.29) is 0 Å². The predicted octanol–water partition coefficient (Wildman–Crippen LogP) is 0.592. The minimum absolute atomic E-state index is 0.354. The first-order valence-corrected chi connectivity index (χ1v) is 6.97. The predicted molar refractivity (Wildman–Crippen MR) is 72.6 cm³/mol. The lowest BCUT2D eigenvalue weighted by Crippen LogP contribution is -2.46. The average Bonchev–Trinajstić information content (AvgIpc) is 2.91. The quantitative estimate of drug-likeness (QED) is 0.540. The number of ether oxygens (including phenoxy) is 2. The van der Waals surface area contributed by atoms with Crippen LogP contribution in [0.5, 0.6) is 0 Å². The van der Waals surface area contributed by atoms with Gasteiger partial charge in [-0.3, -0.25) is 0 Å². The molecule has 2 unspecified atom stereocenters. The van der Waals surface area contributed by atoms with Gasteiger partial charge in [-0.1, -0.05) is 0 Å². The Labute approximate surface area is 119 Å². The summed E-state index contributed by atoms with van der Waals surface area (Å²) in [6.07, 6.45) is 2.83. The standard InChI is InChI=1S/C13H24N2O5/c1-19-7-2-3-11(12(16)17)15-13(18)14-6-4-10-5-8-20-9-10/h10-11H,2-9H2,1H3,(H,16,17)(H2,14,15,18). The molecule has 20 heavy (non-hydrogen) atoms. The molecule has 0 aromatic rings. The molecule has 0 spiro atoms. The lowest BCUT2D eigenvalue weighted by molar-refractivity contribution is -0.139. The molecule has 3 N–H and O–H groups in total. The van der Waals surface area contributed by atoms with Crippen LogP contribution in [0.1, 0.15) is 25.7 Å². The Morgan fingerprint density at radius 2 is 2.30 bits per heavy atom. The Bertz CT molecular complexity index is 305. The zero-order valence-electron chi connectivity index (χ0n) is 11.9. The maximum absolute atomic E-state index is 11.6. The number of hydrogen-bond donors (Lipinski definition) is 3. The largest absolute Gasteiger partial charge is 0.480 e. The number of carboxylic acid groups (broad SMARTS) is 1. The number of amides is 2. The van der Waals surface area contributed by atoms with Crippen molar-refractivity contribution < 1.29 is 24.2 Å². The molecule has 7 nitrogen and oxygen atoms in total. The van der Waals surface area contributed by atoms with Crippen LogP contribution >= 0.6 is 0 Å². The van der Waals surface area contributed by atoms with Crippen LogP contribution in [0.2, 0.25) is 0 Å². The van der Waals surface area contributed by atoms with Crippen molar-refractivity contribution >= 4 is 12.0 Å². The number of carbonyl (C=O) groups excluding carboxylic acids is 1. The van der Waals surface area contributed by atoms with Crippen LogP contribution in [0.3, 0.4) is 0 Å². The van der Waals surface area contributed by atoms with Crippen LogP contribution in [0, 0.1) is 5.92 Å².